The normalized spacial score (nSPS) is 21.3. The molecule has 128 valence electrons. The van der Waals surface area contributed by atoms with Crippen molar-refractivity contribution in [2.75, 3.05) is 7.11 Å². The minimum atomic E-state index is -1.22. The number of ketones is 1. The molecule has 9 heteroatoms. The van der Waals surface area contributed by atoms with E-state index in [1.807, 2.05) is 5.38 Å². The maximum absolute atomic E-state index is 12.5. The predicted octanol–water partition coefficient (Wildman–Crippen LogP) is 0.927. The van der Waals surface area contributed by atoms with Crippen molar-refractivity contribution in [2.45, 2.75) is 31.8 Å². The first-order valence-electron chi connectivity index (χ1n) is 7.46. The highest BCUT2D eigenvalue weighted by atomic mass is 32.1. The number of carbonyl (C=O) groups excluding carboxylic acids is 2. The molecule has 2 rings (SSSR count). The van der Waals surface area contributed by atoms with E-state index in [9.17, 15) is 14.6 Å². The van der Waals surface area contributed by atoms with Gasteiger partial charge in [0.1, 0.15) is 12.9 Å². The first kappa shape index (κ1) is 18.4. The van der Waals surface area contributed by atoms with Gasteiger partial charge in [0.2, 0.25) is 0 Å². The molecule has 0 fully saturated rings. The van der Waals surface area contributed by atoms with E-state index in [0.717, 1.165) is 0 Å². The Kier molecular flexibility index (Phi) is 6.71. The van der Waals surface area contributed by atoms with Crippen LogP contribution >= 0.6 is 11.3 Å². The number of carbonyl (C=O) groups is 2. The van der Waals surface area contributed by atoms with Crippen LogP contribution in [-0.4, -0.2) is 48.7 Å². The van der Waals surface area contributed by atoms with Crippen molar-refractivity contribution < 1.29 is 24.1 Å². The topological polar surface area (TPSA) is 97.2 Å². The summed E-state index contributed by atoms with van der Waals surface area (Å²) in [7, 11) is 0.139. The number of hydrogen-bond acceptors (Lipinski definition) is 7. The molecule has 1 amide bonds. The smallest absolute Gasteiger partial charge is 0.426 e. The van der Waals surface area contributed by atoms with Gasteiger partial charge in [0.25, 0.3) is 5.91 Å². The van der Waals surface area contributed by atoms with Crippen LogP contribution in [0.1, 0.15) is 24.6 Å². The molecule has 0 unspecified atom stereocenters. The van der Waals surface area contributed by atoms with Crippen molar-refractivity contribution in [1.82, 2.24) is 5.32 Å². The Morgan fingerprint density at radius 3 is 3.00 bits per heavy atom. The third-order valence-electron chi connectivity index (χ3n) is 3.36. The van der Waals surface area contributed by atoms with Gasteiger partial charge in [-0.05, 0) is 24.8 Å². The molecule has 0 saturated heterocycles. The van der Waals surface area contributed by atoms with Crippen LogP contribution in [0.2, 0.25) is 0 Å². The standard InChI is InChI=1S/C15H19BN2O5S/c1-10(19)9-11-5-3-7-13(16(21)23-11)17-15(20)14(18-22-2)12-6-4-8-24-12/h3-6,8,11,13,21H,7,9H2,1-2H3,(H,17,20)/b18-14-/t11-,13+/m1/s1. The third-order valence-corrected chi connectivity index (χ3v) is 4.23. The lowest BCUT2D eigenvalue weighted by Gasteiger charge is -2.20. The molecule has 0 bridgehead atoms. The maximum Gasteiger partial charge on any atom is 0.478 e. The highest BCUT2D eigenvalue weighted by Gasteiger charge is 2.33. The van der Waals surface area contributed by atoms with Gasteiger partial charge in [-0.2, -0.15) is 0 Å². The number of nitrogens with zero attached hydrogens (tertiary/aromatic N) is 1. The van der Waals surface area contributed by atoms with Crippen LogP contribution in [0.5, 0.6) is 0 Å². The Bertz CT molecular complexity index is 632. The lowest BCUT2D eigenvalue weighted by molar-refractivity contribution is -0.118. The minimum absolute atomic E-state index is 0.0356. The van der Waals surface area contributed by atoms with Gasteiger partial charge in [-0.1, -0.05) is 23.4 Å². The number of rotatable bonds is 6. The number of hydrogen-bond donors (Lipinski definition) is 2. The van der Waals surface area contributed by atoms with E-state index in [1.165, 1.54) is 25.4 Å². The van der Waals surface area contributed by atoms with E-state index < -0.39 is 25.1 Å². The van der Waals surface area contributed by atoms with Gasteiger partial charge >= 0.3 is 7.12 Å². The van der Waals surface area contributed by atoms with Crippen LogP contribution in [0.25, 0.3) is 0 Å². The summed E-state index contributed by atoms with van der Waals surface area (Å²) < 4.78 is 5.43. The second kappa shape index (κ2) is 8.77. The Labute approximate surface area is 144 Å². The lowest BCUT2D eigenvalue weighted by Crippen LogP contribution is -2.50. The average molecular weight is 350 g/mol. The molecule has 0 radical (unpaired) electrons. The quantitative estimate of drug-likeness (QED) is 0.344. The first-order chi connectivity index (χ1) is 11.5. The summed E-state index contributed by atoms with van der Waals surface area (Å²) >= 11 is 1.36. The Balaban J connectivity index is 2.04. The molecule has 2 atom stereocenters. The monoisotopic (exact) mass is 350 g/mol. The van der Waals surface area contributed by atoms with Gasteiger partial charge in [0, 0.05) is 6.42 Å². The molecule has 2 heterocycles. The molecule has 0 saturated carbocycles. The number of Topliss-reactive ketones (excluding diaryl/α,β-unsaturated/α-hetero) is 1. The summed E-state index contributed by atoms with van der Waals surface area (Å²) in [6.45, 7) is 1.46. The molecule has 0 spiro atoms. The number of oxime groups is 1. The zero-order chi connectivity index (χ0) is 17.5. The molecule has 1 aliphatic heterocycles. The van der Waals surface area contributed by atoms with Crippen molar-refractivity contribution in [1.29, 1.82) is 0 Å². The maximum atomic E-state index is 12.5. The molecule has 1 aromatic heterocycles. The van der Waals surface area contributed by atoms with Crippen LogP contribution in [-0.2, 0) is 19.1 Å². The van der Waals surface area contributed by atoms with Gasteiger partial charge in [0.05, 0.1) is 16.9 Å². The molecule has 7 nitrogen and oxygen atoms in total. The highest BCUT2D eigenvalue weighted by molar-refractivity contribution is 7.13. The first-order valence-corrected chi connectivity index (χ1v) is 8.34. The molecular formula is C15H19BN2O5S. The number of nitrogens with one attached hydrogen (secondary N) is 1. The fraction of sp³-hybridized carbons (Fsp3) is 0.400. The van der Waals surface area contributed by atoms with Gasteiger partial charge in [-0.15, -0.1) is 11.3 Å². The minimum Gasteiger partial charge on any atom is -0.426 e. The Morgan fingerprint density at radius 1 is 1.58 bits per heavy atom. The zero-order valence-electron chi connectivity index (χ0n) is 13.5. The van der Waals surface area contributed by atoms with Crippen LogP contribution in [0.15, 0.2) is 34.8 Å². The Morgan fingerprint density at radius 2 is 2.38 bits per heavy atom. The summed E-state index contributed by atoms with van der Waals surface area (Å²) in [6.07, 6.45) is 3.57. The highest BCUT2D eigenvalue weighted by Crippen LogP contribution is 2.14. The summed E-state index contributed by atoms with van der Waals surface area (Å²) in [5.74, 6) is -1.15. The predicted molar refractivity (Wildman–Crippen MR) is 91.7 cm³/mol. The summed E-state index contributed by atoms with van der Waals surface area (Å²) in [5, 5.41) is 18.5. The van der Waals surface area contributed by atoms with Crippen molar-refractivity contribution in [2.24, 2.45) is 5.16 Å². The summed E-state index contributed by atoms with van der Waals surface area (Å²) in [6, 6.07) is 3.56. The second-order valence-corrected chi connectivity index (χ2v) is 6.26. The summed E-state index contributed by atoms with van der Waals surface area (Å²) in [5.41, 5.74) is 0.133. The van der Waals surface area contributed by atoms with Crippen molar-refractivity contribution in [3.63, 3.8) is 0 Å². The number of thiophene rings is 1. The molecule has 2 N–H and O–H groups in total. The van der Waals surface area contributed by atoms with Gasteiger partial charge in [0.15, 0.2) is 5.71 Å². The van der Waals surface area contributed by atoms with E-state index in [-0.39, 0.29) is 17.9 Å². The fourth-order valence-electron chi connectivity index (χ4n) is 2.28. The fourth-order valence-corrected chi connectivity index (χ4v) is 2.98. The Hall–Kier alpha value is -1.97. The third kappa shape index (κ3) is 5.02. The van der Waals surface area contributed by atoms with E-state index in [4.69, 9.17) is 9.49 Å². The van der Waals surface area contributed by atoms with E-state index in [2.05, 4.69) is 10.5 Å². The molecular weight excluding hydrogens is 331 g/mol. The van der Waals surface area contributed by atoms with E-state index >= 15 is 0 Å². The molecule has 24 heavy (non-hydrogen) atoms. The van der Waals surface area contributed by atoms with Crippen molar-refractivity contribution in [3.8, 4) is 0 Å². The van der Waals surface area contributed by atoms with Crippen molar-refractivity contribution >= 4 is 35.9 Å². The molecule has 1 aliphatic rings. The SMILES string of the molecule is CO/N=C(\C(=O)N[C@H]1CC=C[C@H](CC(C)=O)OB1O)c1cccs1. The van der Waals surface area contributed by atoms with E-state index in [0.29, 0.717) is 11.3 Å². The zero-order valence-corrected chi connectivity index (χ0v) is 14.3. The van der Waals surface area contributed by atoms with Crippen LogP contribution < -0.4 is 5.32 Å². The second-order valence-electron chi connectivity index (χ2n) is 5.31. The van der Waals surface area contributed by atoms with Crippen LogP contribution in [0, 0.1) is 0 Å². The van der Waals surface area contributed by atoms with Gasteiger partial charge in [-0.3, -0.25) is 9.59 Å². The van der Waals surface area contributed by atoms with Crippen molar-refractivity contribution in [3.05, 3.63) is 34.5 Å². The lowest BCUT2D eigenvalue weighted by atomic mass is 9.77. The van der Waals surface area contributed by atoms with Crippen LogP contribution in [0.3, 0.4) is 0 Å². The summed E-state index contributed by atoms with van der Waals surface area (Å²) in [4.78, 5) is 29.0. The number of amides is 1. The molecule has 0 aromatic carbocycles. The van der Waals surface area contributed by atoms with E-state index in [1.54, 1.807) is 24.3 Å². The average Bonchev–Trinajstić information content (AvgIpc) is 2.98. The largest absolute Gasteiger partial charge is 0.478 e. The van der Waals surface area contributed by atoms with Crippen LogP contribution in [0.4, 0.5) is 0 Å². The molecule has 1 aromatic rings. The van der Waals surface area contributed by atoms with Gasteiger partial charge < -0.3 is 19.8 Å². The van der Waals surface area contributed by atoms with Gasteiger partial charge in [-0.25, -0.2) is 0 Å². The molecule has 0 aliphatic carbocycles.